The van der Waals surface area contributed by atoms with Crippen molar-refractivity contribution < 1.29 is 23.7 Å². The van der Waals surface area contributed by atoms with Gasteiger partial charge in [-0.05, 0) is 36.4 Å². The Morgan fingerprint density at radius 2 is 1.59 bits per heavy atom. The van der Waals surface area contributed by atoms with E-state index in [1.807, 2.05) is 60.7 Å². The lowest BCUT2D eigenvalue weighted by molar-refractivity contribution is 0.204. The lowest BCUT2D eigenvalue weighted by atomic mass is 10.2. The Labute approximate surface area is 201 Å². The highest BCUT2D eigenvalue weighted by Gasteiger charge is 2.14. The van der Waals surface area contributed by atoms with Crippen molar-refractivity contribution in [2.75, 3.05) is 40.0 Å². The van der Waals surface area contributed by atoms with Crippen molar-refractivity contribution in [2.24, 2.45) is 5.10 Å². The van der Waals surface area contributed by atoms with Gasteiger partial charge in [0.05, 0.1) is 37.8 Å². The average Bonchev–Trinajstić information content (AvgIpc) is 3.29. The number of hydrazone groups is 1. The predicted molar refractivity (Wildman–Crippen MR) is 134 cm³/mol. The number of hydrogen-bond acceptors (Lipinski definition) is 9. The fourth-order valence-corrected chi connectivity index (χ4v) is 4.01. The molecule has 0 fully saturated rings. The van der Waals surface area contributed by atoms with E-state index in [1.165, 1.54) is 11.3 Å². The highest BCUT2D eigenvalue weighted by atomic mass is 32.1. The van der Waals surface area contributed by atoms with Gasteiger partial charge < -0.3 is 23.7 Å². The first-order valence-electron chi connectivity index (χ1n) is 10.5. The number of thiazole rings is 1. The highest BCUT2D eigenvalue weighted by molar-refractivity contribution is 7.22. The van der Waals surface area contributed by atoms with Crippen LogP contribution < -0.4 is 29.1 Å². The molecule has 0 spiro atoms. The quantitative estimate of drug-likeness (QED) is 0.179. The Hall–Kier alpha value is -3.98. The molecule has 0 aliphatic rings. The van der Waals surface area contributed by atoms with Gasteiger partial charge in [-0.2, -0.15) is 5.10 Å². The molecule has 34 heavy (non-hydrogen) atoms. The molecule has 0 bridgehead atoms. The smallest absolute Gasteiger partial charge is 0.204 e. The topological polar surface area (TPSA) is 83.4 Å². The van der Waals surface area contributed by atoms with Gasteiger partial charge in [0.2, 0.25) is 10.9 Å². The maximum absolute atomic E-state index is 5.92. The number of benzene rings is 3. The fourth-order valence-electron chi connectivity index (χ4n) is 3.19. The van der Waals surface area contributed by atoms with E-state index in [-0.39, 0.29) is 0 Å². The third kappa shape index (κ3) is 5.68. The lowest BCUT2D eigenvalue weighted by Crippen LogP contribution is -2.10. The minimum Gasteiger partial charge on any atom is -0.497 e. The van der Waals surface area contributed by atoms with Crippen LogP contribution >= 0.6 is 11.3 Å². The van der Waals surface area contributed by atoms with Gasteiger partial charge in [0.25, 0.3) is 0 Å². The average molecular weight is 480 g/mol. The SMILES string of the molecule is COc1cccc(OCCOc2c(OC)cc(/C=N\Nc3nc4ccccc4s3)cc2OC)c1. The van der Waals surface area contributed by atoms with Crippen LogP contribution in [0, 0.1) is 0 Å². The van der Waals surface area contributed by atoms with Crippen molar-refractivity contribution in [3.8, 4) is 28.7 Å². The van der Waals surface area contributed by atoms with Crippen LogP contribution in [0.15, 0.2) is 65.8 Å². The summed E-state index contributed by atoms with van der Waals surface area (Å²) in [6, 6.07) is 19.0. The molecular weight excluding hydrogens is 454 g/mol. The molecule has 0 saturated heterocycles. The summed E-state index contributed by atoms with van der Waals surface area (Å²) in [5.41, 5.74) is 4.69. The van der Waals surface area contributed by atoms with Crippen LogP contribution in [0.3, 0.4) is 0 Å². The van der Waals surface area contributed by atoms with E-state index in [9.17, 15) is 0 Å². The standard InChI is InChI=1S/C25H25N3O5S/c1-29-18-7-6-8-19(15-18)32-11-12-33-24-21(30-2)13-17(14-22(24)31-3)16-26-28-25-27-20-9-4-5-10-23(20)34-25/h4-10,13-16H,11-12H2,1-3H3,(H,27,28)/b26-16-. The number of nitrogens with one attached hydrogen (secondary N) is 1. The highest BCUT2D eigenvalue weighted by Crippen LogP contribution is 2.38. The third-order valence-electron chi connectivity index (χ3n) is 4.79. The van der Waals surface area contributed by atoms with Crippen LogP contribution in [-0.2, 0) is 0 Å². The van der Waals surface area contributed by atoms with Crippen molar-refractivity contribution in [3.05, 3.63) is 66.2 Å². The molecule has 1 N–H and O–H groups in total. The Kier molecular flexibility index (Phi) is 7.67. The molecule has 9 heteroatoms. The Bertz CT molecular complexity index is 1220. The zero-order valence-corrected chi connectivity index (χ0v) is 19.9. The van der Waals surface area contributed by atoms with Gasteiger partial charge in [0.1, 0.15) is 24.7 Å². The molecule has 4 rings (SSSR count). The largest absolute Gasteiger partial charge is 0.497 e. The molecule has 3 aromatic carbocycles. The van der Waals surface area contributed by atoms with Gasteiger partial charge in [-0.3, -0.25) is 5.43 Å². The van der Waals surface area contributed by atoms with Gasteiger partial charge in [-0.1, -0.05) is 29.5 Å². The number of anilines is 1. The second kappa shape index (κ2) is 11.2. The summed E-state index contributed by atoms with van der Waals surface area (Å²) < 4.78 is 29.0. The van der Waals surface area contributed by atoms with Gasteiger partial charge in [-0.25, -0.2) is 4.98 Å². The molecule has 0 saturated carbocycles. The van der Waals surface area contributed by atoms with Gasteiger partial charge in [-0.15, -0.1) is 0 Å². The molecule has 0 amide bonds. The molecule has 0 unspecified atom stereocenters. The molecule has 1 aromatic heterocycles. The molecular formula is C25H25N3O5S. The summed E-state index contributed by atoms with van der Waals surface area (Å²) in [6.07, 6.45) is 1.67. The predicted octanol–water partition coefficient (Wildman–Crippen LogP) is 5.23. The number of para-hydroxylation sites is 1. The number of rotatable bonds is 11. The molecule has 0 atom stereocenters. The Morgan fingerprint density at radius 1 is 0.853 bits per heavy atom. The van der Waals surface area contributed by atoms with Crippen molar-refractivity contribution in [2.45, 2.75) is 0 Å². The van der Waals surface area contributed by atoms with Crippen molar-refractivity contribution in [1.82, 2.24) is 4.98 Å². The fraction of sp³-hybridized carbons (Fsp3) is 0.200. The van der Waals surface area contributed by atoms with Crippen LogP contribution in [0.25, 0.3) is 10.2 Å². The lowest BCUT2D eigenvalue weighted by Gasteiger charge is -2.15. The van der Waals surface area contributed by atoms with Gasteiger partial charge in [0.15, 0.2) is 11.5 Å². The van der Waals surface area contributed by atoms with E-state index in [0.29, 0.717) is 41.3 Å². The second-order valence-electron chi connectivity index (χ2n) is 6.99. The first-order valence-corrected chi connectivity index (χ1v) is 11.3. The zero-order chi connectivity index (χ0) is 23.8. The van der Waals surface area contributed by atoms with Gasteiger partial charge in [0, 0.05) is 11.6 Å². The molecule has 0 aliphatic heterocycles. The molecule has 1 heterocycles. The number of nitrogens with zero attached hydrogens (tertiary/aromatic N) is 2. The van der Waals surface area contributed by atoms with Crippen LogP contribution in [0.4, 0.5) is 5.13 Å². The summed E-state index contributed by atoms with van der Waals surface area (Å²) in [7, 11) is 4.77. The molecule has 0 aliphatic carbocycles. The second-order valence-corrected chi connectivity index (χ2v) is 8.02. The zero-order valence-electron chi connectivity index (χ0n) is 19.1. The number of aromatic nitrogens is 1. The van der Waals surface area contributed by atoms with E-state index in [2.05, 4.69) is 15.5 Å². The third-order valence-corrected chi connectivity index (χ3v) is 5.73. The maximum Gasteiger partial charge on any atom is 0.204 e. The Morgan fingerprint density at radius 3 is 2.32 bits per heavy atom. The minimum atomic E-state index is 0.302. The molecule has 176 valence electrons. The van der Waals surface area contributed by atoms with Crippen molar-refractivity contribution in [1.29, 1.82) is 0 Å². The van der Waals surface area contributed by atoms with E-state index >= 15 is 0 Å². The molecule has 8 nitrogen and oxygen atoms in total. The number of methoxy groups -OCH3 is 3. The minimum absolute atomic E-state index is 0.302. The first-order chi connectivity index (χ1) is 16.7. The molecule has 4 aromatic rings. The number of hydrogen-bond donors (Lipinski definition) is 1. The summed E-state index contributed by atoms with van der Waals surface area (Å²) in [4.78, 5) is 4.50. The van der Waals surface area contributed by atoms with Crippen molar-refractivity contribution >= 4 is 32.9 Å². The first kappa shape index (κ1) is 23.2. The summed E-state index contributed by atoms with van der Waals surface area (Å²) in [5.74, 6) is 2.99. The monoisotopic (exact) mass is 479 g/mol. The Balaban J connectivity index is 1.39. The molecule has 0 radical (unpaired) electrons. The van der Waals surface area contributed by atoms with E-state index in [1.54, 1.807) is 27.5 Å². The van der Waals surface area contributed by atoms with Crippen LogP contribution in [0.2, 0.25) is 0 Å². The maximum atomic E-state index is 5.92. The number of ether oxygens (including phenoxy) is 5. The van der Waals surface area contributed by atoms with E-state index < -0.39 is 0 Å². The normalized spacial score (nSPS) is 10.9. The summed E-state index contributed by atoms with van der Waals surface area (Å²) >= 11 is 1.54. The summed E-state index contributed by atoms with van der Waals surface area (Å²) in [5, 5.41) is 5.02. The van der Waals surface area contributed by atoms with E-state index in [4.69, 9.17) is 23.7 Å². The van der Waals surface area contributed by atoms with Crippen LogP contribution in [0.1, 0.15) is 5.56 Å². The van der Waals surface area contributed by atoms with E-state index in [0.717, 1.165) is 21.5 Å². The number of fused-ring (bicyclic) bond motifs is 1. The van der Waals surface area contributed by atoms with Crippen LogP contribution in [-0.4, -0.2) is 45.7 Å². The van der Waals surface area contributed by atoms with Crippen LogP contribution in [0.5, 0.6) is 28.7 Å². The van der Waals surface area contributed by atoms with Crippen molar-refractivity contribution in [3.63, 3.8) is 0 Å². The summed E-state index contributed by atoms with van der Waals surface area (Å²) in [6.45, 7) is 0.644. The van der Waals surface area contributed by atoms with Gasteiger partial charge >= 0.3 is 0 Å².